The Labute approximate surface area is 142 Å². The molecule has 2 N–H and O–H groups in total. The first-order valence-corrected chi connectivity index (χ1v) is 7.20. The van der Waals surface area contributed by atoms with E-state index in [2.05, 4.69) is 10.6 Å². The number of methoxy groups -OCH3 is 2. The van der Waals surface area contributed by atoms with Crippen molar-refractivity contribution in [2.75, 3.05) is 26.1 Å². The van der Waals surface area contributed by atoms with Gasteiger partial charge in [-0.25, -0.2) is 8.78 Å². The van der Waals surface area contributed by atoms with Crippen LogP contribution in [-0.4, -0.2) is 32.6 Å². The number of carbonyl (C=O) groups excluding carboxylic acids is 2. The zero-order valence-electron chi connectivity index (χ0n) is 13.6. The molecule has 0 aromatic heterocycles. The van der Waals surface area contributed by atoms with Gasteiger partial charge in [0, 0.05) is 6.07 Å². The van der Waals surface area contributed by atoms with Gasteiger partial charge >= 0.3 is 0 Å². The van der Waals surface area contributed by atoms with Gasteiger partial charge in [-0.15, -0.1) is 0 Å². The van der Waals surface area contributed by atoms with E-state index < -0.39 is 30.0 Å². The van der Waals surface area contributed by atoms with Crippen molar-refractivity contribution in [3.05, 3.63) is 53.6 Å². The molecule has 0 bridgehead atoms. The Morgan fingerprint density at radius 2 is 1.68 bits per heavy atom. The molecule has 2 aromatic rings. The Hall–Kier alpha value is -3.16. The average Bonchev–Trinajstić information content (AvgIpc) is 2.61. The van der Waals surface area contributed by atoms with Crippen molar-refractivity contribution in [2.24, 2.45) is 0 Å². The van der Waals surface area contributed by atoms with Crippen LogP contribution in [0.1, 0.15) is 10.4 Å². The number of benzene rings is 2. The van der Waals surface area contributed by atoms with Gasteiger partial charge < -0.3 is 20.1 Å². The number of anilines is 1. The topological polar surface area (TPSA) is 76.7 Å². The van der Waals surface area contributed by atoms with Crippen molar-refractivity contribution >= 4 is 17.5 Å². The first-order chi connectivity index (χ1) is 12.0. The fraction of sp³-hybridized carbons (Fsp3) is 0.176. The van der Waals surface area contributed by atoms with E-state index >= 15 is 0 Å². The molecule has 8 heteroatoms. The van der Waals surface area contributed by atoms with Gasteiger partial charge in [-0.1, -0.05) is 6.07 Å². The SMILES string of the molecule is COc1cccc(OC)c1C(=O)NCC(=O)Nc1ccc(F)cc1F. The summed E-state index contributed by atoms with van der Waals surface area (Å²) in [7, 11) is 2.80. The van der Waals surface area contributed by atoms with Gasteiger partial charge in [0.15, 0.2) is 0 Å². The van der Waals surface area contributed by atoms with Gasteiger partial charge in [-0.3, -0.25) is 9.59 Å². The third-order valence-corrected chi connectivity index (χ3v) is 3.27. The second-order valence-electron chi connectivity index (χ2n) is 4.89. The Morgan fingerprint density at radius 1 is 1.04 bits per heavy atom. The molecule has 0 saturated heterocycles. The van der Waals surface area contributed by atoms with Crippen molar-refractivity contribution < 1.29 is 27.8 Å². The van der Waals surface area contributed by atoms with E-state index in [1.165, 1.54) is 14.2 Å². The number of halogens is 2. The van der Waals surface area contributed by atoms with Crippen LogP contribution < -0.4 is 20.1 Å². The molecule has 0 fully saturated rings. The van der Waals surface area contributed by atoms with Gasteiger partial charge in [0.1, 0.15) is 28.7 Å². The zero-order valence-corrected chi connectivity index (χ0v) is 13.6. The Kier molecular flexibility index (Phi) is 5.89. The minimum absolute atomic E-state index is 0.133. The van der Waals surface area contributed by atoms with Crippen molar-refractivity contribution in [3.8, 4) is 11.5 Å². The third kappa shape index (κ3) is 4.43. The van der Waals surface area contributed by atoms with Crippen molar-refractivity contribution in [3.63, 3.8) is 0 Å². The number of ether oxygens (including phenoxy) is 2. The number of carbonyl (C=O) groups is 2. The molecular formula is C17H16F2N2O4. The van der Waals surface area contributed by atoms with E-state index in [4.69, 9.17) is 9.47 Å². The summed E-state index contributed by atoms with van der Waals surface area (Å²) in [5.74, 6) is -2.38. The van der Waals surface area contributed by atoms with Crippen LogP contribution in [0.2, 0.25) is 0 Å². The van der Waals surface area contributed by atoms with Crippen LogP contribution >= 0.6 is 0 Å². The highest BCUT2D eigenvalue weighted by Crippen LogP contribution is 2.27. The maximum absolute atomic E-state index is 13.5. The molecular weight excluding hydrogens is 334 g/mol. The summed E-state index contributed by atoms with van der Waals surface area (Å²) >= 11 is 0. The summed E-state index contributed by atoms with van der Waals surface area (Å²) < 4.78 is 36.6. The Balaban J connectivity index is 2.04. The van der Waals surface area contributed by atoms with E-state index in [-0.39, 0.29) is 22.7 Å². The Bertz CT molecular complexity index is 774. The number of hydrogen-bond donors (Lipinski definition) is 2. The van der Waals surface area contributed by atoms with Crippen molar-refractivity contribution in [1.82, 2.24) is 5.32 Å². The normalized spacial score (nSPS) is 10.1. The molecule has 0 atom stereocenters. The molecule has 0 aliphatic carbocycles. The van der Waals surface area contributed by atoms with Crippen LogP contribution in [0.25, 0.3) is 0 Å². The molecule has 0 spiro atoms. The van der Waals surface area contributed by atoms with Gasteiger partial charge in [0.05, 0.1) is 26.5 Å². The quantitative estimate of drug-likeness (QED) is 0.838. The maximum atomic E-state index is 13.5. The summed E-state index contributed by atoms with van der Waals surface area (Å²) in [6, 6.07) is 7.55. The average molecular weight is 350 g/mol. The summed E-state index contributed by atoms with van der Waals surface area (Å²) in [6.45, 7) is -0.420. The monoisotopic (exact) mass is 350 g/mol. The third-order valence-electron chi connectivity index (χ3n) is 3.27. The predicted molar refractivity (Wildman–Crippen MR) is 86.9 cm³/mol. The molecule has 2 amide bonds. The fourth-order valence-corrected chi connectivity index (χ4v) is 2.11. The molecule has 25 heavy (non-hydrogen) atoms. The summed E-state index contributed by atoms with van der Waals surface area (Å²) in [4.78, 5) is 24.1. The standard InChI is InChI=1S/C17H16F2N2O4/c1-24-13-4-3-5-14(25-2)16(13)17(23)20-9-15(22)21-12-7-6-10(18)8-11(12)19/h3-8H,9H2,1-2H3,(H,20,23)(H,21,22). The van der Waals surface area contributed by atoms with E-state index in [1.807, 2.05) is 0 Å². The van der Waals surface area contributed by atoms with E-state index in [9.17, 15) is 18.4 Å². The summed E-state index contributed by atoms with van der Waals surface area (Å²) in [5, 5.41) is 4.64. The molecule has 0 heterocycles. The van der Waals surface area contributed by atoms with Crippen molar-refractivity contribution in [2.45, 2.75) is 0 Å². The smallest absolute Gasteiger partial charge is 0.259 e. The maximum Gasteiger partial charge on any atom is 0.259 e. The van der Waals surface area contributed by atoms with Gasteiger partial charge in [0.2, 0.25) is 5.91 Å². The largest absolute Gasteiger partial charge is 0.496 e. The van der Waals surface area contributed by atoms with Gasteiger partial charge in [0.25, 0.3) is 5.91 Å². The fourth-order valence-electron chi connectivity index (χ4n) is 2.11. The second kappa shape index (κ2) is 8.09. The first-order valence-electron chi connectivity index (χ1n) is 7.20. The molecule has 0 aliphatic heterocycles. The summed E-state index contributed by atoms with van der Waals surface area (Å²) in [6.07, 6.45) is 0. The minimum atomic E-state index is -0.911. The lowest BCUT2D eigenvalue weighted by atomic mass is 10.1. The lowest BCUT2D eigenvalue weighted by molar-refractivity contribution is -0.115. The van der Waals surface area contributed by atoms with Crippen molar-refractivity contribution in [1.29, 1.82) is 0 Å². The number of amides is 2. The number of hydrogen-bond acceptors (Lipinski definition) is 4. The van der Waals surface area contributed by atoms with E-state index in [0.29, 0.717) is 6.07 Å². The lowest BCUT2D eigenvalue weighted by Gasteiger charge is -2.13. The van der Waals surface area contributed by atoms with E-state index in [1.54, 1.807) is 18.2 Å². The van der Waals surface area contributed by atoms with E-state index in [0.717, 1.165) is 12.1 Å². The zero-order chi connectivity index (χ0) is 18.4. The highest BCUT2D eigenvalue weighted by Gasteiger charge is 2.19. The van der Waals surface area contributed by atoms with Crippen LogP contribution in [0.5, 0.6) is 11.5 Å². The number of nitrogens with one attached hydrogen (secondary N) is 2. The lowest BCUT2D eigenvalue weighted by Crippen LogP contribution is -2.33. The number of rotatable bonds is 6. The molecule has 132 valence electrons. The molecule has 0 saturated carbocycles. The predicted octanol–water partition coefficient (Wildman–Crippen LogP) is 2.35. The summed E-state index contributed by atoms with van der Waals surface area (Å²) in [5.41, 5.74) is -0.0521. The molecule has 0 radical (unpaired) electrons. The molecule has 0 aliphatic rings. The highest BCUT2D eigenvalue weighted by molar-refractivity contribution is 6.02. The first kappa shape index (κ1) is 18.2. The second-order valence-corrected chi connectivity index (χ2v) is 4.89. The van der Waals surface area contributed by atoms with Gasteiger partial charge in [-0.2, -0.15) is 0 Å². The van der Waals surface area contributed by atoms with Crippen LogP contribution in [0.3, 0.4) is 0 Å². The molecule has 6 nitrogen and oxygen atoms in total. The molecule has 2 aromatic carbocycles. The van der Waals surface area contributed by atoms with Crippen LogP contribution in [0, 0.1) is 11.6 Å². The molecule has 2 rings (SSSR count). The Morgan fingerprint density at radius 3 is 2.24 bits per heavy atom. The highest BCUT2D eigenvalue weighted by atomic mass is 19.1. The van der Waals surface area contributed by atoms with Crippen LogP contribution in [-0.2, 0) is 4.79 Å². The van der Waals surface area contributed by atoms with Crippen LogP contribution in [0.4, 0.5) is 14.5 Å². The van der Waals surface area contributed by atoms with Gasteiger partial charge in [-0.05, 0) is 24.3 Å². The van der Waals surface area contributed by atoms with Crippen LogP contribution in [0.15, 0.2) is 36.4 Å². The molecule has 0 unspecified atom stereocenters. The minimum Gasteiger partial charge on any atom is -0.496 e.